The number of carbonyl (C=O) groups is 2. The summed E-state index contributed by atoms with van der Waals surface area (Å²) in [5.74, 6) is 2.21. The second-order valence-corrected chi connectivity index (χ2v) is 9.10. The number of amides is 2. The highest BCUT2D eigenvalue weighted by atomic mass is 16.2. The van der Waals surface area contributed by atoms with Gasteiger partial charge in [-0.2, -0.15) is 0 Å². The zero-order valence-corrected chi connectivity index (χ0v) is 18.6. The van der Waals surface area contributed by atoms with Crippen LogP contribution in [0.15, 0.2) is 30.3 Å². The first-order chi connectivity index (χ1) is 15.7. The van der Waals surface area contributed by atoms with Crippen LogP contribution in [0.4, 0.5) is 5.82 Å². The number of rotatable bonds is 4. The summed E-state index contributed by atoms with van der Waals surface area (Å²) in [5.41, 5.74) is 3.55. The fourth-order valence-electron chi connectivity index (χ4n) is 5.25. The van der Waals surface area contributed by atoms with Crippen molar-refractivity contribution in [3.05, 3.63) is 41.6 Å². The molecule has 2 saturated heterocycles. The van der Waals surface area contributed by atoms with E-state index in [0.717, 1.165) is 88.3 Å². The molecule has 2 amide bonds. The van der Waals surface area contributed by atoms with Gasteiger partial charge in [0.25, 0.3) is 0 Å². The number of nitrogens with zero attached hydrogens (tertiary/aromatic N) is 5. The molecule has 2 fully saturated rings. The highest BCUT2D eigenvalue weighted by Crippen LogP contribution is 2.33. The van der Waals surface area contributed by atoms with Crippen molar-refractivity contribution in [2.45, 2.75) is 38.5 Å². The number of benzene rings is 1. The third kappa shape index (κ3) is 4.20. The van der Waals surface area contributed by atoms with E-state index in [4.69, 9.17) is 9.97 Å². The minimum Gasteiger partial charge on any atom is -0.356 e. The molecule has 1 aromatic carbocycles. The third-order valence-electron chi connectivity index (χ3n) is 7.08. The van der Waals surface area contributed by atoms with E-state index in [1.165, 1.54) is 11.3 Å². The monoisotopic (exact) mass is 433 g/mol. The number of aryl methyl sites for hydroxylation is 1. The van der Waals surface area contributed by atoms with Gasteiger partial charge in [-0.25, -0.2) is 9.97 Å². The maximum Gasteiger partial charge on any atom is 0.225 e. The van der Waals surface area contributed by atoms with Crippen molar-refractivity contribution in [3.8, 4) is 11.4 Å². The lowest BCUT2D eigenvalue weighted by atomic mass is 9.94. The molecule has 2 aliphatic heterocycles. The van der Waals surface area contributed by atoms with Crippen LogP contribution in [0, 0.1) is 5.92 Å². The summed E-state index contributed by atoms with van der Waals surface area (Å²) in [7, 11) is 0. The van der Waals surface area contributed by atoms with Crippen molar-refractivity contribution >= 4 is 18.1 Å². The lowest BCUT2D eigenvalue weighted by Gasteiger charge is -2.35. The standard InChI is InChI=1S/C25H31N5O2/c31-18-28-12-5-13-30(17-16-28)25(32)20-10-14-29(15-11-20)24-21-8-4-9-22(21)26-23(27-24)19-6-2-1-3-7-19/h1-3,6-7,18,20H,4-5,8-17H2. The summed E-state index contributed by atoms with van der Waals surface area (Å²) in [4.78, 5) is 40.2. The maximum absolute atomic E-state index is 13.1. The summed E-state index contributed by atoms with van der Waals surface area (Å²) in [6.07, 6.45) is 6.66. The third-order valence-corrected chi connectivity index (χ3v) is 7.08. The number of anilines is 1. The Kier molecular flexibility index (Phi) is 6.06. The highest BCUT2D eigenvalue weighted by Gasteiger charge is 2.32. The van der Waals surface area contributed by atoms with E-state index in [0.29, 0.717) is 13.1 Å². The summed E-state index contributed by atoms with van der Waals surface area (Å²) >= 11 is 0. The molecule has 5 rings (SSSR count). The molecule has 1 aliphatic carbocycles. The fourth-order valence-corrected chi connectivity index (χ4v) is 5.25. The first-order valence-electron chi connectivity index (χ1n) is 11.9. The van der Waals surface area contributed by atoms with Crippen LogP contribution < -0.4 is 4.90 Å². The number of carbonyl (C=O) groups excluding carboxylic acids is 2. The Morgan fingerprint density at radius 2 is 1.72 bits per heavy atom. The fraction of sp³-hybridized carbons (Fsp3) is 0.520. The molecular weight excluding hydrogens is 402 g/mol. The minimum atomic E-state index is 0.0671. The molecule has 0 radical (unpaired) electrons. The van der Waals surface area contributed by atoms with Gasteiger partial charge in [-0.3, -0.25) is 9.59 Å². The van der Waals surface area contributed by atoms with Crippen LogP contribution in [0.1, 0.15) is 36.9 Å². The van der Waals surface area contributed by atoms with E-state index in [1.54, 1.807) is 4.90 Å². The van der Waals surface area contributed by atoms with E-state index in [-0.39, 0.29) is 11.8 Å². The van der Waals surface area contributed by atoms with Crippen molar-refractivity contribution < 1.29 is 9.59 Å². The second kappa shape index (κ2) is 9.27. The van der Waals surface area contributed by atoms with Crippen molar-refractivity contribution in [2.75, 3.05) is 44.2 Å². The molecule has 0 saturated carbocycles. The normalized spacial score (nSPS) is 19.6. The predicted octanol–water partition coefficient (Wildman–Crippen LogP) is 2.54. The van der Waals surface area contributed by atoms with Gasteiger partial charge in [0.1, 0.15) is 5.82 Å². The maximum atomic E-state index is 13.1. The predicted molar refractivity (Wildman–Crippen MR) is 123 cm³/mol. The van der Waals surface area contributed by atoms with Gasteiger partial charge in [-0.1, -0.05) is 30.3 Å². The van der Waals surface area contributed by atoms with Gasteiger partial charge in [0, 0.05) is 62.0 Å². The molecule has 3 aliphatic rings. The van der Waals surface area contributed by atoms with Crippen molar-refractivity contribution in [2.24, 2.45) is 5.92 Å². The molecule has 7 nitrogen and oxygen atoms in total. The number of hydrogen-bond donors (Lipinski definition) is 0. The minimum absolute atomic E-state index is 0.0671. The van der Waals surface area contributed by atoms with Crippen molar-refractivity contribution in [1.29, 1.82) is 0 Å². The van der Waals surface area contributed by atoms with Crippen LogP contribution in [0.2, 0.25) is 0 Å². The first kappa shape index (κ1) is 20.9. The molecule has 0 N–H and O–H groups in total. The Hall–Kier alpha value is -2.96. The Bertz CT molecular complexity index is 972. The zero-order chi connectivity index (χ0) is 21.9. The summed E-state index contributed by atoms with van der Waals surface area (Å²) in [6, 6.07) is 10.2. The second-order valence-electron chi connectivity index (χ2n) is 9.10. The van der Waals surface area contributed by atoms with Crippen LogP contribution in [0.3, 0.4) is 0 Å². The first-order valence-corrected chi connectivity index (χ1v) is 11.9. The lowest BCUT2D eigenvalue weighted by Crippen LogP contribution is -2.44. The molecule has 0 atom stereocenters. The molecule has 2 aromatic rings. The van der Waals surface area contributed by atoms with Gasteiger partial charge in [0.05, 0.1) is 0 Å². The van der Waals surface area contributed by atoms with Crippen LogP contribution >= 0.6 is 0 Å². The Morgan fingerprint density at radius 1 is 0.906 bits per heavy atom. The van der Waals surface area contributed by atoms with Crippen LogP contribution in [-0.4, -0.2) is 71.4 Å². The molecule has 32 heavy (non-hydrogen) atoms. The molecule has 0 spiro atoms. The summed E-state index contributed by atoms with van der Waals surface area (Å²) < 4.78 is 0. The highest BCUT2D eigenvalue weighted by molar-refractivity contribution is 5.79. The largest absolute Gasteiger partial charge is 0.356 e. The zero-order valence-electron chi connectivity index (χ0n) is 18.6. The van der Waals surface area contributed by atoms with Crippen LogP contribution in [0.25, 0.3) is 11.4 Å². The molecule has 0 unspecified atom stereocenters. The average molecular weight is 434 g/mol. The van der Waals surface area contributed by atoms with E-state index in [9.17, 15) is 9.59 Å². The van der Waals surface area contributed by atoms with Gasteiger partial charge in [-0.15, -0.1) is 0 Å². The molecule has 3 heterocycles. The van der Waals surface area contributed by atoms with E-state index >= 15 is 0 Å². The lowest BCUT2D eigenvalue weighted by molar-refractivity contribution is -0.136. The van der Waals surface area contributed by atoms with Gasteiger partial charge in [0.15, 0.2) is 5.82 Å². The Morgan fingerprint density at radius 3 is 2.50 bits per heavy atom. The van der Waals surface area contributed by atoms with E-state index < -0.39 is 0 Å². The van der Waals surface area contributed by atoms with Gasteiger partial charge < -0.3 is 14.7 Å². The number of hydrogen-bond acceptors (Lipinski definition) is 5. The summed E-state index contributed by atoms with van der Waals surface area (Å²) in [6.45, 7) is 4.49. The topological polar surface area (TPSA) is 69.6 Å². The number of fused-ring (bicyclic) bond motifs is 1. The van der Waals surface area contributed by atoms with Gasteiger partial charge in [-0.05, 0) is 38.5 Å². The number of aromatic nitrogens is 2. The average Bonchev–Trinajstić information content (AvgIpc) is 3.20. The van der Waals surface area contributed by atoms with Crippen LogP contribution in [0.5, 0.6) is 0 Å². The van der Waals surface area contributed by atoms with E-state index in [2.05, 4.69) is 17.0 Å². The summed E-state index contributed by atoms with van der Waals surface area (Å²) in [5, 5.41) is 0. The Balaban J connectivity index is 1.29. The van der Waals surface area contributed by atoms with E-state index in [1.807, 2.05) is 23.1 Å². The smallest absolute Gasteiger partial charge is 0.225 e. The van der Waals surface area contributed by atoms with Gasteiger partial charge >= 0.3 is 0 Å². The molecule has 168 valence electrons. The molecular formula is C25H31N5O2. The van der Waals surface area contributed by atoms with Gasteiger partial charge in [0.2, 0.25) is 12.3 Å². The van der Waals surface area contributed by atoms with Crippen molar-refractivity contribution in [3.63, 3.8) is 0 Å². The quantitative estimate of drug-likeness (QED) is 0.693. The molecule has 0 bridgehead atoms. The molecule has 7 heteroatoms. The Labute approximate surface area is 189 Å². The van der Waals surface area contributed by atoms with Crippen LogP contribution in [-0.2, 0) is 22.4 Å². The number of piperidine rings is 1. The SMILES string of the molecule is O=CN1CCCN(C(=O)C2CCN(c3nc(-c4ccccc4)nc4c3CCC4)CC2)CC1. The van der Waals surface area contributed by atoms with Crippen molar-refractivity contribution in [1.82, 2.24) is 19.8 Å². The molecule has 1 aromatic heterocycles.